The Kier molecular flexibility index (Phi) is 4.32. The van der Waals surface area contributed by atoms with E-state index in [1.54, 1.807) is 0 Å². The largest absolute Gasteiger partial charge is 0.365 e. The van der Waals surface area contributed by atoms with Crippen molar-refractivity contribution in [1.82, 2.24) is 9.97 Å². The summed E-state index contributed by atoms with van der Waals surface area (Å²) in [5, 5.41) is 3.39. The van der Waals surface area contributed by atoms with Crippen LogP contribution in [0.2, 0.25) is 0 Å². The Labute approximate surface area is 104 Å². The third-order valence-electron chi connectivity index (χ3n) is 2.41. The summed E-state index contributed by atoms with van der Waals surface area (Å²) < 4.78 is 0. The lowest BCUT2D eigenvalue weighted by Gasteiger charge is -2.24. The molecule has 0 aliphatic rings. The first-order chi connectivity index (χ1) is 7.85. The van der Waals surface area contributed by atoms with E-state index >= 15 is 0 Å². The Balaban J connectivity index is 3.01. The summed E-state index contributed by atoms with van der Waals surface area (Å²) in [6, 6.07) is 2.02. The van der Waals surface area contributed by atoms with Gasteiger partial charge in [-0.3, -0.25) is 0 Å². The van der Waals surface area contributed by atoms with Crippen molar-refractivity contribution in [1.29, 1.82) is 0 Å². The molecule has 0 radical (unpaired) electrons. The van der Waals surface area contributed by atoms with Gasteiger partial charge in [-0.2, -0.15) is 0 Å². The SMILES string of the molecule is CCN(CC)c1cc(NC(C)(C)C)nc(C)n1. The molecule has 0 unspecified atom stereocenters. The third kappa shape index (κ3) is 4.21. The highest BCUT2D eigenvalue weighted by atomic mass is 15.2. The fourth-order valence-corrected chi connectivity index (χ4v) is 1.71. The van der Waals surface area contributed by atoms with Gasteiger partial charge in [-0.05, 0) is 41.5 Å². The molecule has 1 rings (SSSR count). The lowest BCUT2D eigenvalue weighted by Crippen LogP contribution is -2.28. The summed E-state index contributed by atoms with van der Waals surface area (Å²) in [6.07, 6.45) is 0. The number of hydrogen-bond donors (Lipinski definition) is 1. The third-order valence-corrected chi connectivity index (χ3v) is 2.41. The molecule has 0 atom stereocenters. The summed E-state index contributed by atoms with van der Waals surface area (Å²) in [5.74, 6) is 2.70. The molecule has 0 aliphatic heterocycles. The van der Waals surface area contributed by atoms with Gasteiger partial charge >= 0.3 is 0 Å². The second-order valence-corrected chi connectivity index (χ2v) is 5.21. The normalized spacial score (nSPS) is 11.4. The molecule has 1 aromatic rings. The maximum Gasteiger partial charge on any atom is 0.134 e. The van der Waals surface area contributed by atoms with Crippen molar-refractivity contribution in [3.05, 3.63) is 11.9 Å². The lowest BCUT2D eigenvalue weighted by molar-refractivity contribution is 0.629. The molecule has 96 valence electrons. The van der Waals surface area contributed by atoms with Crippen molar-refractivity contribution in [3.63, 3.8) is 0 Å². The standard InChI is InChI=1S/C13H24N4/c1-7-17(8-2)12-9-11(14-10(3)15-12)16-13(4,5)6/h9H,7-8H2,1-6H3,(H,14,15,16). The fourth-order valence-electron chi connectivity index (χ4n) is 1.71. The molecule has 0 amide bonds. The van der Waals surface area contributed by atoms with Crippen LogP contribution in [0.4, 0.5) is 11.6 Å². The first-order valence-corrected chi connectivity index (χ1v) is 6.24. The quantitative estimate of drug-likeness (QED) is 0.872. The summed E-state index contributed by atoms with van der Waals surface area (Å²) in [4.78, 5) is 11.1. The van der Waals surface area contributed by atoms with Gasteiger partial charge in [-0.15, -0.1) is 0 Å². The minimum atomic E-state index is 0.0152. The van der Waals surface area contributed by atoms with E-state index < -0.39 is 0 Å². The van der Waals surface area contributed by atoms with Crippen LogP contribution in [-0.2, 0) is 0 Å². The highest BCUT2D eigenvalue weighted by Gasteiger charge is 2.13. The van der Waals surface area contributed by atoms with E-state index in [0.717, 1.165) is 30.5 Å². The molecule has 4 heteroatoms. The molecule has 1 aromatic heterocycles. The topological polar surface area (TPSA) is 41.0 Å². The van der Waals surface area contributed by atoms with Crippen LogP contribution in [-0.4, -0.2) is 28.6 Å². The fraction of sp³-hybridized carbons (Fsp3) is 0.692. The first-order valence-electron chi connectivity index (χ1n) is 6.24. The molecular formula is C13H24N4. The molecule has 4 nitrogen and oxygen atoms in total. The zero-order valence-corrected chi connectivity index (χ0v) is 11.8. The van der Waals surface area contributed by atoms with Crippen molar-refractivity contribution in [2.45, 2.75) is 47.1 Å². The number of aromatic nitrogens is 2. The average molecular weight is 236 g/mol. The van der Waals surface area contributed by atoms with Crippen molar-refractivity contribution in [2.24, 2.45) is 0 Å². The van der Waals surface area contributed by atoms with Crippen molar-refractivity contribution >= 4 is 11.6 Å². The number of nitrogens with one attached hydrogen (secondary N) is 1. The van der Waals surface area contributed by atoms with E-state index in [-0.39, 0.29) is 5.54 Å². The van der Waals surface area contributed by atoms with Crippen LogP contribution < -0.4 is 10.2 Å². The van der Waals surface area contributed by atoms with Gasteiger partial charge in [0.1, 0.15) is 17.5 Å². The minimum Gasteiger partial charge on any atom is -0.365 e. The summed E-state index contributed by atoms with van der Waals surface area (Å²) in [5.41, 5.74) is 0.0152. The molecular weight excluding hydrogens is 212 g/mol. The monoisotopic (exact) mass is 236 g/mol. The molecule has 1 N–H and O–H groups in total. The number of aryl methyl sites for hydroxylation is 1. The molecule has 17 heavy (non-hydrogen) atoms. The van der Waals surface area contributed by atoms with Crippen molar-refractivity contribution in [2.75, 3.05) is 23.3 Å². The van der Waals surface area contributed by atoms with Crippen LogP contribution >= 0.6 is 0 Å². The maximum atomic E-state index is 4.48. The second-order valence-electron chi connectivity index (χ2n) is 5.21. The predicted octanol–water partition coefficient (Wildman–Crippen LogP) is 2.84. The highest BCUT2D eigenvalue weighted by molar-refractivity contribution is 5.50. The van der Waals surface area contributed by atoms with E-state index in [9.17, 15) is 0 Å². The number of nitrogens with zero attached hydrogens (tertiary/aromatic N) is 3. The van der Waals surface area contributed by atoms with E-state index in [0.29, 0.717) is 0 Å². The lowest BCUT2D eigenvalue weighted by atomic mass is 10.1. The van der Waals surface area contributed by atoms with E-state index in [2.05, 4.69) is 54.8 Å². The van der Waals surface area contributed by atoms with Crippen LogP contribution in [0.3, 0.4) is 0 Å². The predicted molar refractivity (Wildman–Crippen MR) is 73.7 cm³/mol. The maximum absolute atomic E-state index is 4.48. The second kappa shape index (κ2) is 5.34. The Morgan fingerprint density at radius 1 is 1.18 bits per heavy atom. The molecule has 0 aromatic carbocycles. The molecule has 0 aliphatic carbocycles. The number of anilines is 2. The molecule has 0 fully saturated rings. The van der Waals surface area contributed by atoms with Crippen LogP contribution in [0.5, 0.6) is 0 Å². The molecule has 0 spiro atoms. The summed E-state index contributed by atoms with van der Waals surface area (Å²) in [7, 11) is 0. The first kappa shape index (κ1) is 13.7. The molecule has 0 saturated heterocycles. The molecule has 0 saturated carbocycles. The van der Waals surface area contributed by atoms with Gasteiger partial charge in [0.25, 0.3) is 0 Å². The van der Waals surface area contributed by atoms with Gasteiger partial charge in [0.15, 0.2) is 0 Å². The van der Waals surface area contributed by atoms with Gasteiger partial charge in [-0.25, -0.2) is 9.97 Å². The smallest absolute Gasteiger partial charge is 0.134 e. The molecule has 0 bridgehead atoms. The van der Waals surface area contributed by atoms with Crippen molar-refractivity contribution < 1.29 is 0 Å². The summed E-state index contributed by atoms with van der Waals surface area (Å²) in [6.45, 7) is 14.5. The van der Waals surface area contributed by atoms with Gasteiger partial charge < -0.3 is 10.2 Å². The van der Waals surface area contributed by atoms with Crippen LogP contribution in [0.15, 0.2) is 6.07 Å². The van der Waals surface area contributed by atoms with Gasteiger partial charge in [0.05, 0.1) is 0 Å². The van der Waals surface area contributed by atoms with E-state index in [4.69, 9.17) is 0 Å². The van der Waals surface area contributed by atoms with Gasteiger partial charge in [0, 0.05) is 24.7 Å². The molecule has 1 heterocycles. The van der Waals surface area contributed by atoms with E-state index in [1.165, 1.54) is 0 Å². The van der Waals surface area contributed by atoms with Gasteiger partial charge in [-0.1, -0.05) is 0 Å². The van der Waals surface area contributed by atoms with Crippen LogP contribution in [0, 0.1) is 6.92 Å². The summed E-state index contributed by atoms with van der Waals surface area (Å²) >= 11 is 0. The van der Waals surface area contributed by atoms with E-state index in [1.807, 2.05) is 13.0 Å². The number of hydrogen-bond acceptors (Lipinski definition) is 4. The van der Waals surface area contributed by atoms with Gasteiger partial charge in [0.2, 0.25) is 0 Å². The Hall–Kier alpha value is -1.32. The Morgan fingerprint density at radius 3 is 2.24 bits per heavy atom. The van der Waals surface area contributed by atoms with Crippen LogP contribution in [0.25, 0.3) is 0 Å². The average Bonchev–Trinajstić information content (AvgIpc) is 2.15. The Bertz CT molecular complexity index is 364. The zero-order valence-electron chi connectivity index (χ0n) is 11.8. The zero-order chi connectivity index (χ0) is 13.1. The van der Waals surface area contributed by atoms with Crippen LogP contribution in [0.1, 0.15) is 40.4 Å². The highest BCUT2D eigenvalue weighted by Crippen LogP contribution is 2.18. The van der Waals surface area contributed by atoms with Crippen molar-refractivity contribution in [3.8, 4) is 0 Å². The minimum absolute atomic E-state index is 0.0152. The Morgan fingerprint density at radius 2 is 1.76 bits per heavy atom. The number of rotatable bonds is 4.